The Morgan fingerprint density at radius 3 is 2.44 bits per heavy atom. The van der Waals surface area contributed by atoms with Gasteiger partial charge in [0, 0.05) is 17.6 Å². The van der Waals surface area contributed by atoms with E-state index < -0.39 is 0 Å². The van der Waals surface area contributed by atoms with Crippen LogP contribution in [0.3, 0.4) is 0 Å². The first-order chi connectivity index (χ1) is 16.4. The van der Waals surface area contributed by atoms with Gasteiger partial charge in [-0.05, 0) is 74.1 Å². The van der Waals surface area contributed by atoms with Crippen LogP contribution in [0.15, 0.2) is 72.9 Å². The Balaban J connectivity index is 1.72. The number of aromatic nitrogens is 2. The molecule has 34 heavy (non-hydrogen) atoms. The van der Waals surface area contributed by atoms with Gasteiger partial charge in [-0.1, -0.05) is 47.5 Å². The van der Waals surface area contributed by atoms with Crippen molar-refractivity contribution >= 4 is 46.2 Å². The zero-order chi connectivity index (χ0) is 24.0. The lowest BCUT2D eigenvalue weighted by Crippen LogP contribution is -2.29. The number of benzene rings is 2. The van der Waals surface area contributed by atoms with Gasteiger partial charge in [0.25, 0.3) is 0 Å². The molecule has 0 bridgehead atoms. The average molecular weight is 509 g/mol. The number of hydrogen-bond donors (Lipinski definition) is 2. The molecule has 1 aliphatic heterocycles. The number of rotatable bonds is 4. The molecule has 5 rings (SSSR count). The molecule has 2 N–H and O–H groups in total. The number of phenolic OH excluding ortho intramolecular Hbond substituents is 1. The number of nitrogens with one attached hydrogen (secondary N) is 1. The maximum absolute atomic E-state index is 10.7. The Bertz CT molecular complexity index is 1390. The second-order valence-corrected chi connectivity index (χ2v) is 9.39. The van der Waals surface area contributed by atoms with Gasteiger partial charge in [-0.3, -0.25) is 4.98 Å². The Morgan fingerprint density at radius 2 is 1.71 bits per heavy atom. The molecule has 0 aliphatic carbocycles. The highest BCUT2D eigenvalue weighted by molar-refractivity contribution is 7.80. The van der Waals surface area contributed by atoms with Crippen LogP contribution >= 0.6 is 35.4 Å². The van der Waals surface area contributed by atoms with E-state index in [1.165, 1.54) is 0 Å². The average Bonchev–Trinajstić information content (AvgIpc) is 3.32. The first-order valence-corrected chi connectivity index (χ1v) is 12.0. The first-order valence-electron chi connectivity index (χ1n) is 10.8. The number of aromatic hydroxyl groups is 1. The van der Waals surface area contributed by atoms with E-state index in [4.69, 9.17) is 35.4 Å². The number of hydrogen-bond acceptors (Lipinski definition) is 3. The Hall–Kier alpha value is -3.06. The van der Waals surface area contributed by atoms with E-state index in [0.29, 0.717) is 20.8 Å². The number of pyridine rings is 1. The molecule has 0 radical (unpaired) electrons. The lowest BCUT2D eigenvalue weighted by atomic mass is 9.96. The van der Waals surface area contributed by atoms with Crippen LogP contribution in [0.1, 0.15) is 34.7 Å². The van der Waals surface area contributed by atoms with Crippen molar-refractivity contribution in [1.29, 1.82) is 0 Å². The zero-order valence-electron chi connectivity index (χ0n) is 18.5. The topological polar surface area (TPSA) is 53.3 Å². The van der Waals surface area contributed by atoms with Crippen molar-refractivity contribution in [1.82, 2.24) is 14.9 Å². The van der Waals surface area contributed by atoms with Crippen LogP contribution in [0.4, 0.5) is 5.69 Å². The summed E-state index contributed by atoms with van der Waals surface area (Å²) in [6.45, 7) is 4.09. The fraction of sp³-hybridized carbons (Fsp3) is 0.154. The van der Waals surface area contributed by atoms with E-state index in [1.807, 2.05) is 54.3 Å². The maximum Gasteiger partial charge on any atom is 0.174 e. The van der Waals surface area contributed by atoms with E-state index in [0.717, 1.165) is 28.3 Å². The van der Waals surface area contributed by atoms with Crippen molar-refractivity contribution in [3.63, 3.8) is 0 Å². The van der Waals surface area contributed by atoms with E-state index in [9.17, 15) is 5.11 Å². The van der Waals surface area contributed by atoms with Crippen molar-refractivity contribution in [2.24, 2.45) is 0 Å². The maximum atomic E-state index is 10.7. The molecule has 4 aromatic rings. The summed E-state index contributed by atoms with van der Waals surface area (Å²) >= 11 is 18.7. The molecule has 2 aromatic carbocycles. The molecular weight excluding hydrogens is 487 g/mol. The predicted octanol–water partition coefficient (Wildman–Crippen LogP) is 6.68. The standard InChI is InChI=1S/C26H22Cl2N4OS/c1-15-14-17(16(2)31(15)21-11-7-8-18(27)23(21)28)25-24(19-9-5-6-13-29-19)30-26(34)32(25)20-10-3-4-12-22(20)33/h3-14,24-25,33H,1-2H3,(H,30,34)/t24-,25-/m1/s1. The summed E-state index contributed by atoms with van der Waals surface area (Å²) in [5.41, 5.74) is 5.35. The van der Waals surface area contributed by atoms with Crippen LogP contribution in [0.5, 0.6) is 5.75 Å². The SMILES string of the molecule is Cc1cc([C@@H]2[C@@H](c3ccccn3)NC(=S)N2c2ccccc2O)c(C)n1-c1cccc(Cl)c1Cl. The predicted molar refractivity (Wildman–Crippen MR) is 141 cm³/mol. The monoisotopic (exact) mass is 508 g/mol. The number of thiocarbonyl (C=S) groups is 1. The number of anilines is 1. The van der Waals surface area contributed by atoms with Gasteiger partial charge in [-0.15, -0.1) is 0 Å². The summed E-state index contributed by atoms with van der Waals surface area (Å²) in [4.78, 5) is 6.58. The molecule has 8 heteroatoms. The zero-order valence-corrected chi connectivity index (χ0v) is 20.9. The summed E-state index contributed by atoms with van der Waals surface area (Å²) in [6, 6.07) is 20.3. The molecule has 1 aliphatic rings. The minimum absolute atomic E-state index is 0.157. The highest BCUT2D eigenvalue weighted by atomic mass is 35.5. The summed E-state index contributed by atoms with van der Waals surface area (Å²) in [6.07, 6.45) is 1.77. The third kappa shape index (κ3) is 3.72. The fourth-order valence-corrected chi connectivity index (χ4v) is 5.44. The van der Waals surface area contributed by atoms with Crippen LogP contribution in [-0.4, -0.2) is 19.8 Å². The molecule has 0 spiro atoms. The smallest absolute Gasteiger partial charge is 0.174 e. The van der Waals surface area contributed by atoms with Gasteiger partial charge in [0.1, 0.15) is 5.75 Å². The van der Waals surface area contributed by atoms with Crippen LogP contribution in [0.2, 0.25) is 10.0 Å². The molecule has 1 saturated heterocycles. The van der Waals surface area contributed by atoms with E-state index >= 15 is 0 Å². The highest BCUT2D eigenvalue weighted by Gasteiger charge is 2.43. The minimum Gasteiger partial charge on any atom is -0.506 e. The molecule has 5 nitrogen and oxygen atoms in total. The third-order valence-electron chi connectivity index (χ3n) is 6.20. The van der Waals surface area contributed by atoms with Gasteiger partial charge >= 0.3 is 0 Å². The van der Waals surface area contributed by atoms with Crippen molar-refractivity contribution < 1.29 is 5.11 Å². The van der Waals surface area contributed by atoms with Crippen molar-refractivity contribution in [2.75, 3.05) is 4.90 Å². The Morgan fingerprint density at radius 1 is 0.971 bits per heavy atom. The molecule has 0 unspecified atom stereocenters. The van der Waals surface area contributed by atoms with Gasteiger partial charge < -0.3 is 19.9 Å². The minimum atomic E-state index is -0.256. The van der Waals surface area contributed by atoms with E-state index in [-0.39, 0.29) is 17.8 Å². The Kier molecular flexibility index (Phi) is 5.98. The number of aryl methyl sites for hydroxylation is 1. The molecule has 1 fully saturated rings. The van der Waals surface area contributed by atoms with E-state index in [1.54, 1.807) is 24.4 Å². The normalized spacial score (nSPS) is 17.8. The molecule has 3 heterocycles. The summed E-state index contributed by atoms with van der Waals surface area (Å²) < 4.78 is 2.10. The van der Waals surface area contributed by atoms with Crippen LogP contribution < -0.4 is 10.2 Å². The largest absolute Gasteiger partial charge is 0.506 e. The van der Waals surface area contributed by atoms with Gasteiger partial charge in [-0.2, -0.15) is 0 Å². The number of nitrogens with zero attached hydrogens (tertiary/aromatic N) is 3. The lowest BCUT2D eigenvalue weighted by Gasteiger charge is -2.28. The van der Waals surface area contributed by atoms with Gasteiger partial charge in [0.15, 0.2) is 5.11 Å². The van der Waals surface area contributed by atoms with Crippen LogP contribution in [-0.2, 0) is 0 Å². The molecule has 0 saturated carbocycles. The molecule has 172 valence electrons. The number of halogens is 2. The van der Waals surface area contributed by atoms with Crippen LogP contribution in [0, 0.1) is 13.8 Å². The number of para-hydroxylation sites is 2. The second kappa shape index (κ2) is 8.95. The van der Waals surface area contributed by atoms with Gasteiger partial charge in [-0.25, -0.2) is 0 Å². The highest BCUT2D eigenvalue weighted by Crippen LogP contribution is 2.46. The fourth-order valence-electron chi connectivity index (χ4n) is 4.72. The molecule has 0 amide bonds. The summed E-state index contributed by atoms with van der Waals surface area (Å²) in [7, 11) is 0. The molecular formula is C26H22Cl2N4OS. The summed E-state index contributed by atoms with van der Waals surface area (Å²) in [5, 5.41) is 15.7. The van der Waals surface area contributed by atoms with Crippen molar-refractivity contribution in [2.45, 2.75) is 25.9 Å². The quantitative estimate of drug-likeness (QED) is 0.301. The third-order valence-corrected chi connectivity index (χ3v) is 7.32. The van der Waals surface area contributed by atoms with E-state index in [2.05, 4.69) is 27.9 Å². The first kappa shape index (κ1) is 22.7. The van der Waals surface area contributed by atoms with Crippen molar-refractivity contribution in [3.8, 4) is 11.4 Å². The lowest BCUT2D eigenvalue weighted by molar-refractivity contribution is 0.472. The van der Waals surface area contributed by atoms with Crippen LogP contribution in [0.25, 0.3) is 5.69 Å². The Labute approximate surface area is 213 Å². The molecule has 2 atom stereocenters. The van der Waals surface area contributed by atoms with Gasteiger partial charge in [0.2, 0.25) is 0 Å². The number of phenols is 1. The summed E-state index contributed by atoms with van der Waals surface area (Å²) in [5.74, 6) is 0.157. The second-order valence-electron chi connectivity index (χ2n) is 8.22. The molecule has 2 aromatic heterocycles. The van der Waals surface area contributed by atoms with Crippen molar-refractivity contribution in [3.05, 3.63) is 106 Å². The van der Waals surface area contributed by atoms with Gasteiger partial charge in [0.05, 0.1) is 39.2 Å².